The number of aromatic amines is 1. The minimum Gasteiger partial charge on any atom is -0.548 e. The van der Waals surface area contributed by atoms with Gasteiger partial charge in [-0.25, -0.2) is 4.79 Å². The Bertz CT molecular complexity index is 1470. The SMILES string of the molecule is CCCCc1cc(=O)oc2cc(O[C@@H](C)C(=O)N[C@H](Cc3c[nH]c4ccc(O)cc34)C(=O)[O-])ccc12. The predicted octanol–water partition coefficient (Wildman–Crippen LogP) is 2.57. The summed E-state index contributed by atoms with van der Waals surface area (Å²) in [5.41, 5.74) is 2.12. The Hall–Kier alpha value is -4.27. The Morgan fingerprint density at radius 1 is 1.14 bits per heavy atom. The number of carboxylic acids is 1. The predicted molar refractivity (Wildman–Crippen MR) is 132 cm³/mol. The Morgan fingerprint density at radius 2 is 1.94 bits per heavy atom. The van der Waals surface area contributed by atoms with Crippen molar-refractivity contribution in [3.8, 4) is 11.5 Å². The molecule has 0 saturated heterocycles. The number of phenolic OH excluding ortho intramolecular Hbond substituents is 1. The second-order valence-corrected chi connectivity index (χ2v) is 8.74. The average Bonchev–Trinajstić information content (AvgIpc) is 3.23. The number of aryl methyl sites for hydroxylation is 1. The largest absolute Gasteiger partial charge is 0.548 e. The molecule has 0 spiro atoms. The number of aromatic hydroxyl groups is 1. The number of carbonyl (C=O) groups excluding carboxylic acids is 2. The first-order valence-electron chi connectivity index (χ1n) is 11.8. The zero-order valence-corrected chi connectivity index (χ0v) is 20.0. The lowest BCUT2D eigenvalue weighted by Gasteiger charge is -2.22. The number of hydrogen-bond donors (Lipinski definition) is 3. The summed E-state index contributed by atoms with van der Waals surface area (Å²) in [6, 6.07) is 9.89. The summed E-state index contributed by atoms with van der Waals surface area (Å²) >= 11 is 0. The number of H-pyrrole nitrogens is 1. The normalized spacial score (nSPS) is 12.9. The summed E-state index contributed by atoms with van der Waals surface area (Å²) in [6.07, 6.45) is 3.22. The molecule has 2 aromatic heterocycles. The molecule has 0 aliphatic rings. The fourth-order valence-electron chi connectivity index (χ4n) is 4.15. The molecular weight excluding hydrogens is 464 g/mol. The summed E-state index contributed by atoms with van der Waals surface area (Å²) in [5.74, 6) is -1.75. The van der Waals surface area contributed by atoms with E-state index in [1.807, 2.05) is 0 Å². The zero-order chi connectivity index (χ0) is 25.8. The van der Waals surface area contributed by atoms with Crippen LogP contribution in [0, 0.1) is 0 Å². The van der Waals surface area contributed by atoms with Crippen molar-refractivity contribution in [1.82, 2.24) is 10.3 Å². The summed E-state index contributed by atoms with van der Waals surface area (Å²) in [6.45, 7) is 3.56. The standard InChI is InChI=1S/C27H28N2O7/c1-3-4-5-16-11-25(31)36-24-13-19(7-8-20(16)24)35-15(2)26(32)29-23(27(33)34)10-17-14-28-22-9-6-18(30)12-21(17)22/h6-9,11-15,23,28,30H,3-5,10H2,1-2H3,(H,29,32)(H,33,34)/p-1/t15-,23+/m0/s1. The first kappa shape index (κ1) is 24.8. The second-order valence-electron chi connectivity index (χ2n) is 8.74. The maximum Gasteiger partial charge on any atom is 0.336 e. The molecular formula is C27H27N2O7-. The van der Waals surface area contributed by atoms with Crippen molar-refractivity contribution in [2.24, 2.45) is 0 Å². The highest BCUT2D eigenvalue weighted by Gasteiger charge is 2.22. The number of amides is 1. The van der Waals surface area contributed by atoms with Crippen molar-refractivity contribution >= 4 is 33.7 Å². The number of hydrogen-bond acceptors (Lipinski definition) is 7. The first-order chi connectivity index (χ1) is 17.2. The van der Waals surface area contributed by atoms with Gasteiger partial charge in [-0.3, -0.25) is 4.79 Å². The molecule has 9 heteroatoms. The quantitative estimate of drug-likeness (QED) is 0.289. The van der Waals surface area contributed by atoms with Crippen molar-refractivity contribution in [2.45, 2.75) is 51.7 Å². The van der Waals surface area contributed by atoms with Gasteiger partial charge in [0.1, 0.15) is 17.1 Å². The number of nitrogens with one attached hydrogen (secondary N) is 2. The molecule has 36 heavy (non-hydrogen) atoms. The molecule has 0 aliphatic carbocycles. The van der Waals surface area contributed by atoms with Crippen LogP contribution < -0.4 is 20.8 Å². The molecule has 3 N–H and O–H groups in total. The third-order valence-electron chi connectivity index (χ3n) is 6.06. The number of carbonyl (C=O) groups is 2. The minimum atomic E-state index is -1.45. The number of carboxylic acid groups (broad SMARTS) is 1. The minimum absolute atomic E-state index is 0.0445. The molecule has 0 radical (unpaired) electrons. The summed E-state index contributed by atoms with van der Waals surface area (Å²) < 4.78 is 11.0. The smallest absolute Gasteiger partial charge is 0.336 e. The van der Waals surface area contributed by atoms with Crippen molar-refractivity contribution in [1.29, 1.82) is 0 Å². The monoisotopic (exact) mass is 491 g/mol. The third-order valence-corrected chi connectivity index (χ3v) is 6.06. The van der Waals surface area contributed by atoms with E-state index in [1.54, 1.807) is 30.5 Å². The Balaban J connectivity index is 1.47. The van der Waals surface area contributed by atoms with Crippen LogP contribution >= 0.6 is 0 Å². The Kier molecular flexibility index (Phi) is 7.28. The zero-order valence-electron chi connectivity index (χ0n) is 20.0. The van der Waals surface area contributed by atoms with Gasteiger partial charge in [0.05, 0.1) is 12.0 Å². The molecule has 2 heterocycles. The molecule has 0 unspecified atom stereocenters. The molecule has 2 aromatic carbocycles. The maximum atomic E-state index is 12.8. The number of fused-ring (bicyclic) bond motifs is 2. The van der Waals surface area contributed by atoms with Gasteiger partial charge >= 0.3 is 5.63 Å². The van der Waals surface area contributed by atoms with E-state index in [4.69, 9.17) is 9.15 Å². The van der Waals surface area contributed by atoms with Gasteiger partial charge in [-0.1, -0.05) is 13.3 Å². The van der Waals surface area contributed by atoms with Crippen molar-refractivity contribution in [3.63, 3.8) is 0 Å². The molecule has 0 aliphatic heterocycles. The van der Waals surface area contributed by atoms with Gasteiger partial charge in [0, 0.05) is 41.0 Å². The van der Waals surface area contributed by atoms with Crippen LogP contribution in [0.1, 0.15) is 37.8 Å². The average molecular weight is 492 g/mol. The van der Waals surface area contributed by atoms with Crippen LogP contribution in [0.4, 0.5) is 0 Å². The number of aliphatic carboxylic acids is 1. The maximum absolute atomic E-state index is 12.8. The van der Waals surface area contributed by atoms with Gasteiger partial charge in [0.2, 0.25) is 0 Å². The molecule has 0 saturated carbocycles. The Morgan fingerprint density at radius 3 is 2.69 bits per heavy atom. The van der Waals surface area contributed by atoms with Crippen molar-refractivity contribution in [3.05, 3.63) is 70.2 Å². The van der Waals surface area contributed by atoms with E-state index in [0.717, 1.165) is 35.7 Å². The van der Waals surface area contributed by atoms with Crippen molar-refractivity contribution in [2.75, 3.05) is 0 Å². The lowest BCUT2D eigenvalue weighted by atomic mass is 10.0. The topological polar surface area (TPSA) is 145 Å². The highest BCUT2D eigenvalue weighted by atomic mass is 16.5. The first-order valence-corrected chi connectivity index (χ1v) is 11.8. The van der Waals surface area contributed by atoms with Crippen LogP contribution in [0.25, 0.3) is 21.9 Å². The van der Waals surface area contributed by atoms with E-state index < -0.39 is 29.6 Å². The number of rotatable bonds is 10. The molecule has 9 nitrogen and oxygen atoms in total. The molecule has 4 aromatic rings. The lowest BCUT2D eigenvalue weighted by Crippen LogP contribution is -2.52. The van der Waals surface area contributed by atoms with E-state index in [-0.39, 0.29) is 12.2 Å². The number of phenols is 1. The van der Waals surface area contributed by atoms with Crippen LogP contribution in [-0.4, -0.2) is 34.1 Å². The number of unbranched alkanes of at least 4 members (excludes halogenated alkanes) is 1. The molecule has 4 rings (SSSR count). The highest BCUT2D eigenvalue weighted by molar-refractivity contribution is 5.88. The van der Waals surface area contributed by atoms with Crippen LogP contribution in [-0.2, 0) is 22.4 Å². The van der Waals surface area contributed by atoms with Gasteiger partial charge in [0.15, 0.2) is 6.10 Å². The third kappa shape index (κ3) is 5.51. The molecule has 0 fully saturated rings. The lowest BCUT2D eigenvalue weighted by molar-refractivity contribution is -0.308. The summed E-state index contributed by atoms with van der Waals surface area (Å²) in [7, 11) is 0. The fourth-order valence-corrected chi connectivity index (χ4v) is 4.15. The second kappa shape index (κ2) is 10.6. The summed E-state index contributed by atoms with van der Waals surface area (Å²) in [4.78, 5) is 39.5. The number of aromatic nitrogens is 1. The molecule has 2 atom stereocenters. The fraction of sp³-hybridized carbons (Fsp3) is 0.296. The van der Waals surface area contributed by atoms with Crippen LogP contribution in [0.2, 0.25) is 0 Å². The van der Waals surface area contributed by atoms with Gasteiger partial charge in [0.25, 0.3) is 5.91 Å². The molecule has 1 amide bonds. The molecule has 0 bridgehead atoms. The van der Waals surface area contributed by atoms with Crippen LogP contribution in [0.3, 0.4) is 0 Å². The highest BCUT2D eigenvalue weighted by Crippen LogP contribution is 2.25. The van der Waals surface area contributed by atoms with Gasteiger partial charge < -0.3 is 34.5 Å². The van der Waals surface area contributed by atoms with E-state index in [1.165, 1.54) is 25.1 Å². The van der Waals surface area contributed by atoms with E-state index in [9.17, 15) is 24.6 Å². The van der Waals surface area contributed by atoms with Gasteiger partial charge in [-0.05, 0) is 61.2 Å². The van der Waals surface area contributed by atoms with E-state index in [2.05, 4.69) is 17.2 Å². The van der Waals surface area contributed by atoms with Crippen LogP contribution in [0.15, 0.2) is 57.9 Å². The number of ether oxygens (including phenoxy) is 1. The van der Waals surface area contributed by atoms with Crippen molar-refractivity contribution < 1.29 is 29.0 Å². The number of benzene rings is 2. The molecule has 188 valence electrons. The van der Waals surface area contributed by atoms with E-state index >= 15 is 0 Å². The van der Waals surface area contributed by atoms with Gasteiger partial charge in [-0.15, -0.1) is 0 Å². The van der Waals surface area contributed by atoms with Crippen LogP contribution in [0.5, 0.6) is 11.5 Å². The van der Waals surface area contributed by atoms with Gasteiger partial charge in [-0.2, -0.15) is 0 Å². The van der Waals surface area contributed by atoms with E-state index in [0.29, 0.717) is 22.3 Å². The Labute approximate surface area is 206 Å². The summed E-state index contributed by atoms with van der Waals surface area (Å²) in [5, 5.41) is 25.4.